The summed E-state index contributed by atoms with van der Waals surface area (Å²) in [5, 5.41) is 4.28. The number of carbonyl (C=O) groups excluding carboxylic acids is 1. The maximum absolute atomic E-state index is 11.3. The second-order valence-electron chi connectivity index (χ2n) is 5.14. The van der Waals surface area contributed by atoms with Crippen molar-refractivity contribution in [2.24, 2.45) is 5.16 Å². The minimum absolute atomic E-state index is 0.165. The SMILES string of the molecule is CCOC(=O)CCCCO/N=C(\c1ccccc1)c1cccnc1. The molecule has 0 N–H and O–H groups in total. The fourth-order valence-corrected chi connectivity index (χ4v) is 2.15. The largest absolute Gasteiger partial charge is 0.466 e. The molecule has 0 unspecified atom stereocenters. The normalized spacial score (nSPS) is 11.1. The molecule has 24 heavy (non-hydrogen) atoms. The Morgan fingerprint density at radius 2 is 1.88 bits per heavy atom. The number of esters is 1. The third kappa shape index (κ3) is 5.83. The fraction of sp³-hybridized carbons (Fsp3) is 0.316. The van der Waals surface area contributed by atoms with Crippen molar-refractivity contribution in [1.29, 1.82) is 0 Å². The van der Waals surface area contributed by atoms with Crippen LogP contribution in [-0.4, -0.2) is 29.9 Å². The van der Waals surface area contributed by atoms with Gasteiger partial charge in [0.05, 0.1) is 6.61 Å². The van der Waals surface area contributed by atoms with Crippen molar-refractivity contribution in [3.05, 3.63) is 66.0 Å². The van der Waals surface area contributed by atoms with E-state index in [9.17, 15) is 4.79 Å². The van der Waals surface area contributed by atoms with Gasteiger partial charge in [-0.2, -0.15) is 0 Å². The molecule has 0 saturated carbocycles. The van der Waals surface area contributed by atoms with Gasteiger partial charge in [0.1, 0.15) is 12.3 Å². The van der Waals surface area contributed by atoms with Crippen molar-refractivity contribution in [1.82, 2.24) is 4.98 Å². The van der Waals surface area contributed by atoms with Crippen LogP contribution >= 0.6 is 0 Å². The fourth-order valence-electron chi connectivity index (χ4n) is 2.15. The van der Waals surface area contributed by atoms with Crippen LogP contribution in [0.4, 0.5) is 0 Å². The first-order valence-electron chi connectivity index (χ1n) is 8.12. The monoisotopic (exact) mass is 326 g/mol. The number of pyridine rings is 1. The van der Waals surface area contributed by atoms with Gasteiger partial charge in [0.2, 0.25) is 0 Å². The molecule has 1 aromatic heterocycles. The Hall–Kier alpha value is -2.69. The van der Waals surface area contributed by atoms with Crippen LogP contribution in [0.1, 0.15) is 37.3 Å². The van der Waals surface area contributed by atoms with Crippen LogP contribution in [0, 0.1) is 0 Å². The molecular weight excluding hydrogens is 304 g/mol. The minimum Gasteiger partial charge on any atom is -0.466 e. The maximum atomic E-state index is 11.3. The van der Waals surface area contributed by atoms with Crippen LogP contribution in [0.3, 0.4) is 0 Å². The molecule has 0 spiro atoms. The van der Waals surface area contributed by atoms with Crippen LogP contribution in [0.5, 0.6) is 0 Å². The zero-order valence-electron chi connectivity index (χ0n) is 13.9. The third-order valence-electron chi connectivity index (χ3n) is 3.31. The molecule has 1 heterocycles. The van der Waals surface area contributed by atoms with Gasteiger partial charge < -0.3 is 9.57 Å². The van der Waals surface area contributed by atoms with Crippen LogP contribution < -0.4 is 0 Å². The second-order valence-corrected chi connectivity index (χ2v) is 5.14. The molecule has 126 valence electrons. The van der Waals surface area contributed by atoms with Gasteiger partial charge in [-0.05, 0) is 31.9 Å². The Labute approximate surface area is 142 Å². The molecule has 0 bridgehead atoms. The summed E-state index contributed by atoms with van der Waals surface area (Å²) in [6.45, 7) is 2.68. The molecule has 0 saturated heterocycles. The Balaban J connectivity index is 1.91. The van der Waals surface area contributed by atoms with Crippen LogP contribution in [0.25, 0.3) is 0 Å². The summed E-state index contributed by atoms with van der Waals surface area (Å²) >= 11 is 0. The number of ether oxygens (including phenoxy) is 1. The van der Waals surface area contributed by atoms with Crippen molar-refractivity contribution >= 4 is 11.7 Å². The van der Waals surface area contributed by atoms with E-state index in [0.717, 1.165) is 29.7 Å². The average Bonchev–Trinajstić information content (AvgIpc) is 2.63. The number of nitrogens with zero attached hydrogens (tertiary/aromatic N) is 2. The number of hydrogen-bond donors (Lipinski definition) is 0. The quantitative estimate of drug-likeness (QED) is 0.306. The highest BCUT2D eigenvalue weighted by Gasteiger charge is 2.07. The molecule has 2 aromatic rings. The highest BCUT2D eigenvalue weighted by Crippen LogP contribution is 2.10. The number of hydrogen-bond acceptors (Lipinski definition) is 5. The Kier molecular flexibility index (Phi) is 7.47. The molecule has 0 fully saturated rings. The van der Waals surface area contributed by atoms with Gasteiger partial charge in [0.25, 0.3) is 0 Å². The number of carbonyl (C=O) groups is 1. The van der Waals surface area contributed by atoms with Crippen molar-refractivity contribution in [2.45, 2.75) is 26.2 Å². The topological polar surface area (TPSA) is 60.8 Å². The van der Waals surface area contributed by atoms with E-state index in [1.54, 1.807) is 19.3 Å². The van der Waals surface area contributed by atoms with Crippen molar-refractivity contribution in [3.8, 4) is 0 Å². The number of benzene rings is 1. The van der Waals surface area contributed by atoms with Gasteiger partial charge in [-0.1, -0.05) is 35.5 Å². The molecule has 2 rings (SSSR count). The standard InChI is InChI=1S/C19H22N2O3/c1-2-23-18(22)12-6-7-14-24-21-19(16-9-4-3-5-10-16)17-11-8-13-20-15-17/h3-5,8-11,13,15H,2,6-7,12,14H2,1H3/b21-19+. The summed E-state index contributed by atoms with van der Waals surface area (Å²) in [6, 6.07) is 13.7. The third-order valence-corrected chi connectivity index (χ3v) is 3.31. The zero-order chi connectivity index (χ0) is 17.0. The van der Waals surface area contributed by atoms with Gasteiger partial charge in [-0.25, -0.2) is 0 Å². The first-order chi connectivity index (χ1) is 11.8. The maximum Gasteiger partial charge on any atom is 0.305 e. The Morgan fingerprint density at radius 1 is 1.08 bits per heavy atom. The smallest absolute Gasteiger partial charge is 0.305 e. The first kappa shape index (κ1) is 17.7. The van der Waals surface area contributed by atoms with E-state index in [0.29, 0.717) is 19.6 Å². The molecule has 1 aromatic carbocycles. The van der Waals surface area contributed by atoms with E-state index in [1.165, 1.54) is 0 Å². The molecule has 0 aliphatic carbocycles. The Bertz CT molecular complexity index is 601. The second kappa shape index (κ2) is 10.2. The van der Waals surface area contributed by atoms with Crippen LogP contribution in [0.15, 0.2) is 60.0 Å². The minimum atomic E-state index is -0.165. The van der Waals surface area contributed by atoms with Gasteiger partial charge in [0, 0.05) is 29.9 Å². The summed E-state index contributed by atoms with van der Waals surface area (Å²) in [5.41, 5.74) is 2.61. The molecule has 5 nitrogen and oxygen atoms in total. The molecule has 0 aliphatic rings. The van der Waals surface area contributed by atoms with E-state index >= 15 is 0 Å². The molecule has 0 amide bonds. The number of unbranched alkanes of at least 4 members (excludes halogenated alkanes) is 1. The summed E-state index contributed by atoms with van der Waals surface area (Å²) in [6.07, 6.45) is 5.37. The van der Waals surface area contributed by atoms with E-state index in [2.05, 4.69) is 10.1 Å². The van der Waals surface area contributed by atoms with E-state index in [1.807, 2.05) is 42.5 Å². The van der Waals surface area contributed by atoms with Gasteiger partial charge in [-0.3, -0.25) is 9.78 Å². The predicted octanol–water partition coefficient (Wildman–Crippen LogP) is 3.58. The summed E-state index contributed by atoms with van der Waals surface area (Å²) in [7, 11) is 0. The lowest BCUT2D eigenvalue weighted by molar-refractivity contribution is -0.143. The molecule has 5 heteroatoms. The lowest BCUT2D eigenvalue weighted by Gasteiger charge is -2.07. The van der Waals surface area contributed by atoms with Gasteiger partial charge in [0.15, 0.2) is 0 Å². The van der Waals surface area contributed by atoms with E-state index in [4.69, 9.17) is 9.57 Å². The molecular formula is C19H22N2O3. The highest BCUT2D eigenvalue weighted by atomic mass is 16.6. The molecule has 0 radical (unpaired) electrons. The highest BCUT2D eigenvalue weighted by molar-refractivity contribution is 6.12. The Morgan fingerprint density at radius 3 is 2.58 bits per heavy atom. The summed E-state index contributed by atoms with van der Waals surface area (Å²) in [5.74, 6) is -0.165. The first-order valence-corrected chi connectivity index (χ1v) is 8.12. The summed E-state index contributed by atoms with van der Waals surface area (Å²) < 4.78 is 4.89. The predicted molar refractivity (Wildman–Crippen MR) is 92.8 cm³/mol. The average molecular weight is 326 g/mol. The van der Waals surface area contributed by atoms with E-state index in [-0.39, 0.29) is 5.97 Å². The molecule has 0 atom stereocenters. The van der Waals surface area contributed by atoms with Gasteiger partial charge in [-0.15, -0.1) is 0 Å². The number of aromatic nitrogens is 1. The van der Waals surface area contributed by atoms with Crippen molar-refractivity contribution < 1.29 is 14.4 Å². The zero-order valence-corrected chi connectivity index (χ0v) is 13.9. The van der Waals surface area contributed by atoms with Crippen molar-refractivity contribution in [2.75, 3.05) is 13.2 Å². The number of rotatable bonds is 9. The lowest BCUT2D eigenvalue weighted by Crippen LogP contribution is -2.06. The van der Waals surface area contributed by atoms with Gasteiger partial charge >= 0.3 is 5.97 Å². The van der Waals surface area contributed by atoms with Crippen molar-refractivity contribution in [3.63, 3.8) is 0 Å². The van der Waals surface area contributed by atoms with E-state index < -0.39 is 0 Å². The lowest BCUT2D eigenvalue weighted by atomic mass is 10.0. The summed E-state index contributed by atoms with van der Waals surface area (Å²) in [4.78, 5) is 20.8. The molecule has 0 aliphatic heterocycles. The van der Waals surface area contributed by atoms with Crippen LogP contribution in [0.2, 0.25) is 0 Å². The number of oxime groups is 1. The van der Waals surface area contributed by atoms with Crippen LogP contribution in [-0.2, 0) is 14.4 Å².